The van der Waals surface area contributed by atoms with Crippen molar-refractivity contribution in [3.63, 3.8) is 0 Å². The Bertz CT molecular complexity index is 740. The van der Waals surface area contributed by atoms with Crippen molar-refractivity contribution in [1.29, 1.82) is 0 Å². The molecule has 0 aliphatic carbocycles. The van der Waals surface area contributed by atoms with Gasteiger partial charge in [-0.05, 0) is 24.6 Å². The minimum atomic E-state index is -3.77. The van der Waals surface area contributed by atoms with E-state index in [1.807, 2.05) is 0 Å². The fraction of sp³-hybridized carbons (Fsp3) is 0.200. The molecule has 0 aliphatic rings. The smallest absolute Gasteiger partial charge is 0.245 e. The molecule has 0 spiro atoms. The lowest BCUT2D eigenvalue weighted by atomic mass is 10.2. The molecule has 0 atom stereocenters. The number of hydrogen-bond donors (Lipinski definition) is 1. The molecule has 0 heterocycles. The van der Waals surface area contributed by atoms with Crippen molar-refractivity contribution in [1.82, 2.24) is 4.31 Å². The van der Waals surface area contributed by atoms with Crippen molar-refractivity contribution in [2.75, 3.05) is 12.8 Å². The number of aryl methyl sites for hydroxylation is 1. The quantitative estimate of drug-likeness (QED) is 0.883. The number of nitrogens with two attached hydrogens (primary N) is 1. The van der Waals surface area contributed by atoms with Crippen LogP contribution in [0.3, 0.4) is 0 Å². The molecule has 0 saturated heterocycles. The van der Waals surface area contributed by atoms with E-state index in [-0.39, 0.29) is 17.1 Å². The molecule has 4 nitrogen and oxygen atoms in total. The zero-order valence-electron chi connectivity index (χ0n) is 11.9. The molecule has 21 heavy (non-hydrogen) atoms. The Kier molecular flexibility index (Phi) is 4.29. The van der Waals surface area contributed by atoms with E-state index in [9.17, 15) is 12.8 Å². The maximum Gasteiger partial charge on any atom is 0.245 e. The van der Waals surface area contributed by atoms with Crippen LogP contribution in [-0.4, -0.2) is 19.8 Å². The molecule has 112 valence electrons. The summed E-state index contributed by atoms with van der Waals surface area (Å²) < 4.78 is 40.0. The number of anilines is 1. The summed E-state index contributed by atoms with van der Waals surface area (Å²) in [5, 5.41) is 0. The summed E-state index contributed by atoms with van der Waals surface area (Å²) >= 11 is 0. The maximum absolute atomic E-state index is 13.7. The molecule has 2 rings (SSSR count). The Labute approximate surface area is 124 Å². The van der Waals surface area contributed by atoms with Crippen molar-refractivity contribution in [3.8, 4) is 0 Å². The highest BCUT2D eigenvalue weighted by Crippen LogP contribution is 2.26. The molecule has 2 aromatic rings. The fourth-order valence-electron chi connectivity index (χ4n) is 2.13. The second kappa shape index (κ2) is 5.83. The molecular formula is C15H17FN2O2S. The third-order valence-corrected chi connectivity index (χ3v) is 5.28. The number of nitrogen functional groups attached to an aromatic ring is 1. The molecule has 0 radical (unpaired) electrons. The third kappa shape index (κ3) is 3.06. The second-order valence-corrected chi connectivity index (χ2v) is 6.83. The van der Waals surface area contributed by atoms with Gasteiger partial charge < -0.3 is 5.73 Å². The summed E-state index contributed by atoms with van der Waals surface area (Å²) in [7, 11) is -2.36. The first-order valence-electron chi connectivity index (χ1n) is 6.39. The van der Waals surface area contributed by atoms with Crippen molar-refractivity contribution in [2.45, 2.75) is 18.4 Å². The molecule has 0 aliphatic heterocycles. The normalized spacial score (nSPS) is 11.8. The van der Waals surface area contributed by atoms with Crippen LogP contribution in [0, 0.1) is 12.7 Å². The van der Waals surface area contributed by atoms with Gasteiger partial charge in [0.2, 0.25) is 10.0 Å². The van der Waals surface area contributed by atoms with Gasteiger partial charge in [-0.15, -0.1) is 0 Å². The molecule has 0 bridgehead atoms. The third-order valence-electron chi connectivity index (χ3n) is 3.26. The van der Waals surface area contributed by atoms with Crippen molar-refractivity contribution >= 4 is 15.7 Å². The standard InChI is InChI=1S/C15H17FN2O2S/c1-11-6-5-9-14(17)15(11)21(19,20)18(2)10-12-7-3-4-8-13(12)16/h3-9H,10,17H2,1-2H3. The summed E-state index contributed by atoms with van der Waals surface area (Å²) in [6.45, 7) is 1.63. The van der Waals surface area contributed by atoms with Gasteiger partial charge in [-0.25, -0.2) is 12.8 Å². The Morgan fingerprint density at radius 3 is 2.43 bits per heavy atom. The first kappa shape index (κ1) is 15.5. The van der Waals surface area contributed by atoms with Gasteiger partial charge in [0.1, 0.15) is 10.7 Å². The van der Waals surface area contributed by atoms with E-state index in [2.05, 4.69) is 0 Å². The highest BCUT2D eigenvalue weighted by molar-refractivity contribution is 7.89. The van der Waals surface area contributed by atoms with Crippen LogP contribution in [0.5, 0.6) is 0 Å². The predicted octanol–water partition coefficient (Wildman–Crippen LogP) is 2.54. The van der Waals surface area contributed by atoms with Crippen LogP contribution < -0.4 is 5.73 Å². The molecule has 2 N–H and O–H groups in total. The van der Waals surface area contributed by atoms with Crippen LogP contribution in [0.4, 0.5) is 10.1 Å². The summed E-state index contributed by atoms with van der Waals surface area (Å²) in [6.07, 6.45) is 0. The lowest BCUT2D eigenvalue weighted by Crippen LogP contribution is -2.28. The summed E-state index contributed by atoms with van der Waals surface area (Å²) in [5.74, 6) is -0.433. The molecule has 0 fully saturated rings. The van der Waals surface area contributed by atoms with Gasteiger partial charge in [0.05, 0.1) is 5.69 Å². The van der Waals surface area contributed by atoms with Gasteiger partial charge >= 0.3 is 0 Å². The highest BCUT2D eigenvalue weighted by atomic mass is 32.2. The van der Waals surface area contributed by atoms with Crippen LogP contribution in [0.25, 0.3) is 0 Å². The lowest BCUT2D eigenvalue weighted by molar-refractivity contribution is 0.456. The van der Waals surface area contributed by atoms with E-state index < -0.39 is 15.8 Å². The van der Waals surface area contributed by atoms with Crippen LogP contribution >= 0.6 is 0 Å². The van der Waals surface area contributed by atoms with Crippen molar-refractivity contribution < 1.29 is 12.8 Å². The SMILES string of the molecule is Cc1cccc(N)c1S(=O)(=O)N(C)Cc1ccccc1F. The zero-order valence-corrected chi connectivity index (χ0v) is 12.7. The van der Waals surface area contributed by atoms with Gasteiger partial charge in [-0.3, -0.25) is 0 Å². The fourth-order valence-corrected chi connectivity index (χ4v) is 3.60. The molecule has 2 aromatic carbocycles. The monoisotopic (exact) mass is 308 g/mol. The second-order valence-electron chi connectivity index (χ2n) is 4.85. The van der Waals surface area contributed by atoms with E-state index in [1.165, 1.54) is 19.2 Å². The first-order chi connectivity index (χ1) is 9.84. The van der Waals surface area contributed by atoms with Gasteiger partial charge in [-0.1, -0.05) is 30.3 Å². The minimum absolute atomic E-state index is 0.0528. The summed E-state index contributed by atoms with van der Waals surface area (Å²) in [4.78, 5) is 0.0730. The molecule has 6 heteroatoms. The Balaban J connectivity index is 2.38. The maximum atomic E-state index is 13.7. The number of benzene rings is 2. The van der Waals surface area contributed by atoms with E-state index >= 15 is 0 Å². The Hall–Kier alpha value is -1.92. The topological polar surface area (TPSA) is 63.4 Å². The largest absolute Gasteiger partial charge is 0.398 e. The number of nitrogens with zero attached hydrogens (tertiary/aromatic N) is 1. The van der Waals surface area contributed by atoms with E-state index in [4.69, 9.17) is 5.73 Å². The minimum Gasteiger partial charge on any atom is -0.398 e. The number of halogens is 1. The lowest BCUT2D eigenvalue weighted by Gasteiger charge is -2.20. The van der Waals surface area contributed by atoms with Crippen LogP contribution in [0.15, 0.2) is 47.4 Å². The van der Waals surface area contributed by atoms with Gasteiger partial charge in [0.15, 0.2) is 0 Å². The van der Waals surface area contributed by atoms with E-state index in [1.54, 1.807) is 37.3 Å². The van der Waals surface area contributed by atoms with E-state index in [0.29, 0.717) is 11.1 Å². The van der Waals surface area contributed by atoms with Crippen LogP contribution in [0.1, 0.15) is 11.1 Å². The number of hydrogen-bond acceptors (Lipinski definition) is 3. The number of sulfonamides is 1. The van der Waals surface area contributed by atoms with E-state index in [0.717, 1.165) is 4.31 Å². The Morgan fingerprint density at radius 1 is 1.14 bits per heavy atom. The Morgan fingerprint density at radius 2 is 1.81 bits per heavy atom. The van der Waals surface area contributed by atoms with Gasteiger partial charge in [0.25, 0.3) is 0 Å². The summed E-state index contributed by atoms with van der Waals surface area (Å²) in [5.41, 5.74) is 6.86. The first-order valence-corrected chi connectivity index (χ1v) is 7.83. The zero-order chi connectivity index (χ0) is 15.6. The average molecular weight is 308 g/mol. The molecule has 0 aromatic heterocycles. The van der Waals surface area contributed by atoms with Gasteiger partial charge in [-0.2, -0.15) is 4.31 Å². The van der Waals surface area contributed by atoms with Gasteiger partial charge in [0, 0.05) is 19.2 Å². The predicted molar refractivity (Wildman–Crippen MR) is 80.6 cm³/mol. The molecular weight excluding hydrogens is 291 g/mol. The van der Waals surface area contributed by atoms with Crippen molar-refractivity contribution in [2.24, 2.45) is 0 Å². The van der Waals surface area contributed by atoms with Crippen LogP contribution in [-0.2, 0) is 16.6 Å². The summed E-state index contributed by atoms with van der Waals surface area (Å²) in [6, 6.07) is 11.0. The van der Waals surface area contributed by atoms with Crippen LogP contribution in [0.2, 0.25) is 0 Å². The molecule has 0 unspecified atom stereocenters. The van der Waals surface area contributed by atoms with Crippen molar-refractivity contribution in [3.05, 3.63) is 59.4 Å². The highest BCUT2D eigenvalue weighted by Gasteiger charge is 2.25. The molecule has 0 amide bonds. The molecule has 0 saturated carbocycles. The average Bonchev–Trinajstić information content (AvgIpc) is 2.40. The number of rotatable bonds is 4.